The Kier molecular flexibility index (Phi) is 7.04. The molecule has 6 nitrogen and oxygen atoms in total. The van der Waals surface area contributed by atoms with Gasteiger partial charge in [-0.05, 0) is 42.7 Å². The van der Waals surface area contributed by atoms with Gasteiger partial charge in [-0.2, -0.15) is 0 Å². The summed E-state index contributed by atoms with van der Waals surface area (Å²) in [4.78, 5) is 37.9. The van der Waals surface area contributed by atoms with Crippen LogP contribution >= 0.6 is 15.9 Å². The maximum absolute atomic E-state index is 12.7. The molecule has 0 aromatic heterocycles. The first-order chi connectivity index (χ1) is 13.9. The van der Waals surface area contributed by atoms with Crippen molar-refractivity contribution < 1.29 is 19.1 Å². The predicted octanol–water partition coefficient (Wildman–Crippen LogP) is 3.34. The predicted molar refractivity (Wildman–Crippen MR) is 113 cm³/mol. The monoisotopic (exact) mass is 458 g/mol. The zero-order valence-corrected chi connectivity index (χ0v) is 17.8. The third-order valence-corrected chi connectivity index (χ3v) is 5.57. The molecule has 7 heteroatoms. The van der Waals surface area contributed by atoms with E-state index >= 15 is 0 Å². The van der Waals surface area contributed by atoms with Crippen LogP contribution in [0.4, 0.5) is 0 Å². The normalized spacial score (nSPS) is 14.3. The second-order valence-corrected chi connectivity index (χ2v) is 7.88. The van der Waals surface area contributed by atoms with E-state index in [1.54, 1.807) is 29.2 Å². The fraction of sp³-hybridized carbons (Fsp3) is 0.318. The second-order valence-electron chi connectivity index (χ2n) is 7.02. The number of nitrogens with zero attached hydrogens (tertiary/aromatic N) is 1. The first-order valence-electron chi connectivity index (χ1n) is 9.53. The first-order valence-corrected chi connectivity index (χ1v) is 10.3. The summed E-state index contributed by atoms with van der Waals surface area (Å²) < 4.78 is 5.97. The van der Waals surface area contributed by atoms with Crippen molar-refractivity contribution in [1.82, 2.24) is 10.2 Å². The summed E-state index contributed by atoms with van der Waals surface area (Å²) in [5, 5.41) is 3.07. The lowest BCUT2D eigenvalue weighted by atomic mass is 10.0. The van der Waals surface area contributed by atoms with E-state index in [4.69, 9.17) is 4.74 Å². The van der Waals surface area contributed by atoms with E-state index in [1.807, 2.05) is 24.3 Å². The van der Waals surface area contributed by atoms with Crippen LogP contribution in [0.25, 0.3) is 0 Å². The van der Waals surface area contributed by atoms with E-state index < -0.39 is 5.97 Å². The van der Waals surface area contributed by atoms with Crippen molar-refractivity contribution in [2.75, 3.05) is 13.1 Å². The highest BCUT2D eigenvalue weighted by Crippen LogP contribution is 2.19. The lowest BCUT2D eigenvalue weighted by Crippen LogP contribution is -2.46. The molecule has 0 bridgehead atoms. The molecule has 2 aromatic carbocycles. The summed E-state index contributed by atoms with van der Waals surface area (Å²) in [6.07, 6.45) is 1.73. The highest BCUT2D eigenvalue weighted by atomic mass is 79.9. The van der Waals surface area contributed by atoms with Crippen LogP contribution in [-0.2, 0) is 16.0 Å². The minimum absolute atomic E-state index is 0.0178. The number of carbonyl (C=O) groups is 3. The van der Waals surface area contributed by atoms with Gasteiger partial charge in [0, 0.05) is 36.1 Å². The van der Waals surface area contributed by atoms with Gasteiger partial charge >= 0.3 is 5.97 Å². The minimum atomic E-state index is -0.423. The van der Waals surface area contributed by atoms with Gasteiger partial charge in [0.2, 0.25) is 5.91 Å². The summed E-state index contributed by atoms with van der Waals surface area (Å²) in [6, 6.07) is 14.4. The molecule has 1 heterocycles. The average molecular weight is 459 g/mol. The zero-order chi connectivity index (χ0) is 20.8. The lowest BCUT2D eigenvalue weighted by Gasteiger charge is -2.32. The number of ether oxygens (including phenoxy) is 1. The van der Waals surface area contributed by atoms with Crippen molar-refractivity contribution in [1.29, 1.82) is 0 Å². The van der Waals surface area contributed by atoms with Crippen molar-refractivity contribution in [3.63, 3.8) is 0 Å². The largest absolute Gasteiger partial charge is 0.427 e. The van der Waals surface area contributed by atoms with E-state index in [0.717, 1.165) is 10.0 Å². The van der Waals surface area contributed by atoms with Gasteiger partial charge in [-0.15, -0.1) is 0 Å². The molecule has 0 saturated carbocycles. The Morgan fingerprint density at radius 1 is 1.10 bits per heavy atom. The fourth-order valence-corrected chi connectivity index (χ4v) is 3.79. The molecule has 29 heavy (non-hydrogen) atoms. The van der Waals surface area contributed by atoms with Crippen LogP contribution in [0, 0.1) is 0 Å². The van der Waals surface area contributed by atoms with E-state index in [0.29, 0.717) is 43.7 Å². The van der Waals surface area contributed by atoms with Gasteiger partial charge in [0.05, 0.1) is 6.42 Å². The number of likely N-dealkylation sites (tertiary alicyclic amines) is 1. The average Bonchev–Trinajstić information content (AvgIpc) is 2.69. The van der Waals surface area contributed by atoms with Gasteiger partial charge in [0.25, 0.3) is 5.91 Å². The lowest BCUT2D eigenvalue weighted by molar-refractivity contribution is -0.131. The fourth-order valence-electron chi connectivity index (χ4n) is 3.36. The summed E-state index contributed by atoms with van der Waals surface area (Å²) in [5.41, 5.74) is 1.44. The molecule has 1 aliphatic heterocycles. The summed E-state index contributed by atoms with van der Waals surface area (Å²) in [5.74, 6) is -0.181. The van der Waals surface area contributed by atoms with Crippen LogP contribution in [0.3, 0.4) is 0 Å². The highest BCUT2D eigenvalue weighted by Gasteiger charge is 2.25. The molecule has 0 spiro atoms. The topological polar surface area (TPSA) is 75.7 Å². The highest BCUT2D eigenvalue weighted by molar-refractivity contribution is 9.10. The first kappa shape index (κ1) is 21.0. The Hall–Kier alpha value is -2.67. The van der Waals surface area contributed by atoms with Crippen molar-refractivity contribution in [3.05, 3.63) is 64.1 Å². The van der Waals surface area contributed by atoms with E-state index in [1.165, 1.54) is 6.92 Å². The zero-order valence-electron chi connectivity index (χ0n) is 16.2. The molecular weight excluding hydrogens is 436 g/mol. The minimum Gasteiger partial charge on any atom is -0.427 e. The molecule has 0 atom stereocenters. The molecule has 0 radical (unpaired) electrons. The van der Waals surface area contributed by atoms with Crippen molar-refractivity contribution in [3.8, 4) is 5.75 Å². The smallest absolute Gasteiger partial charge is 0.308 e. The van der Waals surface area contributed by atoms with Crippen LogP contribution < -0.4 is 10.1 Å². The van der Waals surface area contributed by atoms with Crippen molar-refractivity contribution in [2.24, 2.45) is 0 Å². The molecule has 1 saturated heterocycles. The molecule has 152 valence electrons. The molecule has 2 aromatic rings. The summed E-state index contributed by atoms with van der Waals surface area (Å²) in [6.45, 7) is 2.46. The number of benzene rings is 2. The second kappa shape index (κ2) is 9.69. The maximum Gasteiger partial charge on any atom is 0.308 e. The quantitative estimate of drug-likeness (QED) is 0.550. The summed E-state index contributed by atoms with van der Waals surface area (Å²) >= 11 is 3.46. The van der Waals surface area contributed by atoms with Crippen LogP contribution in [0.2, 0.25) is 0 Å². The standard InChI is InChI=1S/C22H23BrN2O4/c1-15(26)29-19-7-4-6-17(13-19)22(28)25-11-9-18(10-12-25)24-21(27)14-16-5-2-3-8-20(16)23/h2-8,13,18H,9-12,14H2,1H3,(H,24,27). The number of amides is 2. The number of piperidine rings is 1. The van der Waals surface area contributed by atoms with E-state index in [9.17, 15) is 14.4 Å². The van der Waals surface area contributed by atoms with Gasteiger partial charge in [-0.25, -0.2) is 0 Å². The molecule has 1 fully saturated rings. The Bertz CT molecular complexity index is 907. The molecule has 0 unspecified atom stereocenters. The Labute approximate surface area is 178 Å². The number of hydrogen-bond donors (Lipinski definition) is 1. The maximum atomic E-state index is 12.7. The molecule has 0 aliphatic carbocycles. The van der Waals surface area contributed by atoms with Crippen LogP contribution in [0.5, 0.6) is 5.75 Å². The van der Waals surface area contributed by atoms with Crippen LogP contribution in [0.1, 0.15) is 35.7 Å². The van der Waals surface area contributed by atoms with Gasteiger partial charge in [-0.1, -0.05) is 40.2 Å². The number of esters is 1. The van der Waals surface area contributed by atoms with Crippen molar-refractivity contribution in [2.45, 2.75) is 32.2 Å². The van der Waals surface area contributed by atoms with Gasteiger partial charge in [0.1, 0.15) is 5.75 Å². The van der Waals surface area contributed by atoms with E-state index in [-0.39, 0.29) is 17.9 Å². The third kappa shape index (κ3) is 5.90. The van der Waals surface area contributed by atoms with Crippen LogP contribution in [0.15, 0.2) is 53.0 Å². The SMILES string of the molecule is CC(=O)Oc1cccc(C(=O)N2CCC(NC(=O)Cc3ccccc3Br)CC2)c1. The molecular formula is C22H23BrN2O4. The van der Waals surface area contributed by atoms with Crippen molar-refractivity contribution >= 4 is 33.7 Å². The number of carbonyl (C=O) groups excluding carboxylic acids is 3. The van der Waals surface area contributed by atoms with Crippen LogP contribution in [-0.4, -0.2) is 41.8 Å². The Morgan fingerprint density at radius 2 is 1.83 bits per heavy atom. The van der Waals surface area contributed by atoms with Gasteiger partial charge in [0.15, 0.2) is 0 Å². The Morgan fingerprint density at radius 3 is 2.52 bits per heavy atom. The molecule has 2 amide bonds. The molecule has 1 N–H and O–H groups in total. The number of hydrogen-bond acceptors (Lipinski definition) is 4. The number of rotatable bonds is 5. The van der Waals surface area contributed by atoms with E-state index in [2.05, 4.69) is 21.2 Å². The van der Waals surface area contributed by atoms with Gasteiger partial charge < -0.3 is 15.0 Å². The molecule has 3 rings (SSSR count). The summed E-state index contributed by atoms with van der Waals surface area (Å²) in [7, 11) is 0. The third-order valence-electron chi connectivity index (χ3n) is 4.80. The number of halogens is 1. The number of nitrogens with one attached hydrogen (secondary N) is 1. The molecule has 1 aliphatic rings. The Balaban J connectivity index is 1.51. The van der Waals surface area contributed by atoms with Gasteiger partial charge in [-0.3, -0.25) is 14.4 Å².